The average molecular weight is 383 g/mol. The summed E-state index contributed by atoms with van der Waals surface area (Å²) in [6.45, 7) is 0.246. The van der Waals surface area contributed by atoms with E-state index in [-0.39, 0.29) is 18.7 Å². The van der Waals surface area contributed by atoms with Crippen LogP contribution in [-0.2, 0) is 28.9 Å². The monoisotopic (exact) mass is 383 g/mol. The smallest absolute Gasteiger partial charge is 0.219 e. The van der Waals surface area contributed by atoms with Gasteiger partial charge in [0, 0.05) is 29.1 Å². The van der Waals surface area contributed by atoms with Crippen molar-refractivity contribution in [3.05, 3.63) is 81.9 Å². The normalized spacial score (nSPS) is 12.0. The number of nitrogens with zero attached hydrogens (tertiary/aromatic N) is 1. The Balaban J connectivity index is 1.88. The van der Waals surface area contributed by atoms with Crippen molar-refractivity contribution in [2.24, 2.45) is 0 Å². The molecule has 3 aromatic rings. The predicted octanol–water partition coefficient (Wildman–Crippen LogP) is 4.15. The summed E-state index contributed by atoms with van der Waals surface area (Å²) in [6.07, 6.45) is 2.91. The quantitative estimate of drug-likeness (QED) is 0.616. The zero-order valence-electron chi connectivity index (χ0n) is 13.1. The highest BCUT2D eigenvalue weighted by atomic mass is 32.2. The Hall–Kier alpha value is -2.03. The van der Waals surface area contributed by atoms with Gasteiger partial charge in [0.2, 0.25) is 10.0 Å². The summed E-state index contributed by atoms with van der Waals surface area (Å²) in [4.78, 5) is 0.854. The molecule has 0 aliphatic rings. The minimum Gasteiger partial charge on any atom is -0.472 e. The lowest BCUT2D eigenvalue weighted by Gasteiger charge is -2.21. The highest BCUT2D eigenvalue weighted by Crippen LogP contribution is 2.22. The number of hydrogen-bond acceptors (Lipinski definition) is 4. The van der Waals surface area contributed by atoms with Gasteiger partial charge < -0.3 is 4.42 Å². The van der Waals surface area contributed by atoms with Crippen molar-refractivity contribution < 1.29 is 21.6 Å². The van der Waals surface area contributed by atoms with E-state index < -0.39 is 27.4 Å². The van der Waals surface area contributed by atoms with Gasteiger partial charge >= 0.3 is 0 Å². The van der Waals surface area contributed by atoms with E-state index in [2.05, 4.69) is 0 Å². The molecule has 0 radical (unpaired) electrons. The third kappa shape index (κ3) is 4.53. The minimum absolute atomic E-state index is 0.0909. The van der Waals surface area contributed by atoms with Crippen molar-refractivity contribution in [2.75, 3.05) is 0 Å². The molecule has 1 aromatic carbocycles. The third-order valence-electron chi connectivity index (χ3n) is 3.59. The molecule has 0 bridgehead atoms. The lowest BCUT2D eigenvalue weighted by atomic mass is 10.2. The first kappa shape index (κ1) is 17.8. The third-order valence-corrected chi connectivity index (χ3v) is 6.17. The van der Waals surface area contributed by atoms with Crippen LogP contribution in [0.15, 0.2) is 58.7 Å². The Morgan fingerprint density at radius 3 is 2.64 bits per heavy atom. The van der Waals surface area contributed by atoms with Crippen molar-refractivity contribution in [3.8, 4) is 0 Å². The minimum atomic E-state index is -3.88. The molecule has 0 N–H and O–H groups in total. The van der Waals surface area contributed by atoms with Crippen LogP contribution in [0.5, 0.6) is 0 Å². The van der Waals surface area contributed by atoms with Crippen molar-refractivity contribution in [3.63, 3.8) is 0 Å². The first-order valence-corrected chi connectivity index (χ1v) is 9.88. The molecule has 0 atom stereocenters. The Labute approximate surface area is 148 Å². The first-order valence-electron chi connectivity index (χ1n) is 7.39. The number of thiophene rings is 1. The maximum absolute atomic E-state index is 13.9. The van der Waals surface area contributed by atoms with Gasteiger partial charge in [-0.25, -0.2) is 17.2 Å². The molecule has 8 heteroatoms. The first-order chi connectivity index (χ1) is 11.9. The van der Waals surface area contributed by atoms with Gasteiger partial charge in [-0.15, -0.1) is 11.3 Å². The Morgan fingerprint density at radius 1 is 1.12 bits per heavy atom. The van der Waals surface area contributed by atoms with Crippen molar-refractivity contribution in [1.82, 2.24) is 4.31 Å². The van der Waals surface area contributed by atoms with Gasteiger partial charge in [0.15, 0.2) is 0 Å². The highest BCUT2D eigenvalue weighted by molar-refractivity contribution is 7.88. The summed E-state index contributed by atoms with van der Waals surface area (Å²) in [5.74, 6) is -2.03. The van der Waals surface area contributed by atoms with Crippen LogP contribution >= 0.6 is 11.3 Å². The van der Waals surface area contributed by atoms with E-state index in [1.807, 2.05) is 17.5 Å². The second-order valence-electron chi connectivity index (χ2n) is 5.47. The van der Waals surface area contributed by atoms with Gasteiger partial charge in [0.1, 0.15) is 11.6 Å². The second kappa shape index (κ2) is 7.47. The molecule has 0 saturated carbocycles. The Bertz CT molecular complexity index is 887. The molecule has 3 rings (SSSR count). The molecule has 0 unspecified atom stereocenters. The standard InChI is InChI=1S/C17H15F2NO3S2/c18-15-3-4-17(19)14(8-15)12-25(21,22)20(9-13-5-6-23-11-13)10-16-2-1-7-24-16/h1-8,11H,9-10,12H2. The fourth-order valence-corrected chi connectivity index (χ4v) is 4.64. The van der Waals surface area contributed by atoms with E-state index in [4.69, 9.17) is 4.42 Å². The molecule has 25 heavy (non-hydrogen) atoms. The number of sulfonamides is 1. The zero-order chi connectivity index (χ0) is 17.9. The molecule has 0 spiro atoms. The van der Waals surface area contributed by atoms with E-state index in [1.54, 1.807) is 6.07 Å². The molecule has 0 aliphatic carbocycles. The van der Waals surface area contributed by atoms with Crippen LogP contribution in [0.3, 0.4) is 0 Å². The molecular weight excluding hydrogens is 368 g/mol. The molecule has 2 heterocycles. The molecule has 132 valence electrons. The summed E-state index contributed by atoms with van der Waals surface area (Å²) >= 11 is 1.43. The van der Waals surface area contributed by atoms with Crippen molar-refractivity contribution >= 4 is 21.4 Å². The fourth-order valence-electron chi connectivity index (χ4n) is 2.36. The van der Waals surface area contributed by atoms with Crippen molar-refractivity contribution in [2.45, 2.75) is 18.8 Å². The molecular formula is C17H15F2NO3S2. The number of benzene rings is 1. The summed E-state index contributed by atoms with van der Waals surface area (Å²) in [5, 5.41) is 1.85. The molecule has 0 saturated heterocycles. The van der Waals surface area contributed by atoms with Crippen molar-refractivity contribution in [1.29, 1.82) is 0 Å². The summed E-state index contributed by atoms with van der Waals surface area (Å²) < 4.78 is 59.1. The predicted molar refractivity (Wildman–Crippen MR) is 91.3 cm³/mol. The number of rotatable bonds is 7. The molecule has 2 aromatic heterocycles. The number of furan rings is 1. The number of hydrogen-bond donors (Lipinski definition) is 0. The van der Waals surface area contributed by atoms with Crippen LogP contribution in [-0.4, -0.2) is 12.7 Å². The summed E-state index contributed by atoms with van der Waals surface area (Å²) in [6, 6.07) is 8.12. The van der Waals surface area contributed by atoms with Crippen LogP contribution in [0.25, 0.3) is 0 Å². The van der Waals surface area contributed by atoms with Crippen LogP contribution in [0.4, 0.5) is 8.78 Å². The molecule has 4 nitrogen and oxygen atoms in total. The van der Waals surface area contributed by atoms with E-state index >= 15 is 0 Å². The molecule has 0 amide bonds. The molecule has 0 fully saturated rings. The fraction of sp³-hybridized carbons (Fsp3) is 0.176. The topological polar surface area (TPSA) is 50.5 Å². The highest BCUT2D eigenvalue weighted by Gasteiger charge is 2.25. The van der Waals surface area contributed by atoms with Gasteiger partial charge in [-0.2, -0.15) is 4.31 Å². The SMILES string of the molecule is O=S(=O)(Cc1cc(F)ccc1F)N(Cc1ccoc1)Cc1cccs1. The zero-order valence-corrected chi connectivity index (χ0v) is 14.7. The number of halogens is 2. The van der Waals surface area contributed by atoms with Gasteiger partial charge in [-0.05, 0) is 35.7 Å². The Morgan fingerprint density at radius 2 is 1.96 bits per heavy atom. The van der Waals surface area contributed by atoms with Crippen LogP contribution < -0.4 is 0 Å². The summed E-state index contributed by atoms with van der Waals surface area (Å²) in [5.41, 5.74) is 0.489. The summed E-state index contributed by atoms with van der Waals surface area (Å²) in [7, 11) is -3.88. The van der Waals surface area contributed by atoms with Crippen LogP contribution in [0.2, 0.25) is 0 Å². The second-order valence-corrected chi connectivity index (χ2v) is 8.47. The van der Waals surface area contributed by atoms with E-state index in [1.165, 1.54) is 28.2 Å². The van der Waals surface area contributed by atoms with Gasteiger partial charge in [-0.3, -0.25) is 0 Å². The Kier molecular flexibility index (Phi) is 5.31. The van der Waals surface area contributed by atoms with Gasteiger partial charge in [-0.1, -0.05) is 6.07 Å². The van der Waals surface area contributed by atoms with Crippen LogP contribution in [0.1, 0.15) is 16.0 Å². The lowest BCUT2D eigenvalue weighted by Crippen LogP contribution is -2.31. The van der Waals surface area contributed by atoms with Gasteiger partial charge in [0.05, 0.1) is 18.3 Å². The maximum Gasteiger partial charge on any atom is 0.219 e. The van der Waals surface area contributed by atoms with E-state index in [9.17, 15) is 17.2 Å². The van der Waals surface area contributed by atoms with Crippen LogP contribution in [0, 0.1) is 11.6 Å². The largest absolute Gasteiger partial charge is 0.472 e. The van der Waals surface area contributed by atoms with Gasteiger partial charge in [0.25, 0.3) is 0 Å². The average Bonchev–Trinajstić information content (AvgIpc) is 3.24. The lowest BCUT2D eigenvalue weighted by molar-refractivity contribution is 0.400. The van der Waals surface area contributed by atoms with E-state index in [0.29, 0.717) is 5.56 Å². The maximum atomic E-state index is 13.9. The van der Waals surface area contributed by atoms with E-state index in [0.717, 1.165) is 23.1 Å². The molecule has 0 aliphatic heterocycles.